The Morgan fingerprint density at radius 2 is 1.75 bits per heavy atom. The highest BCUT2D eigenvalue weighted by Crippen LogP contribution is 2.43. The molecule has 0 aromatic heterocycles. The topological polar surface area (TPSA) is 36.5 Å². The number of hydrogen-bond donors (Lipinski definition) is 2. The van der Waals surface area contributed by atoms with Crippen molar-refractivity contribution < 1.29 is 4.74 Å². The van der Waals surface area contributed by atoms with Crippen molar-refractivity contribution in [1.29, 1.82) is 0 Å². The maximum Gasteiger partial charge on any atom is 0.148 e. The van der Waals surface area contributed by atoms with E-state index in [1.807, 2.05) is 0 Å². The second kappa shape index (κ2) is 5.17. The minimum absolute atomic E-state index is 0.235. The highest BCUT2D eigenvalue weighted by Gasteiger charge is 2.26. The van der Waals surface area contributed by atoms with Crippen LogP contribution >= 0.6 is 0 Å². The van der Waals surface area contributed by atoms with E-state index in [4.69, 9.17) is 4.74 Å². The van der Waals surface area contributed by atoms with Crippen LogP contribution in [0.15, 0.2) is 0 Å². The molecule has 0 amide bonds. The first kappa shape index (κ1) is 13.6. The van der Waals surface area contributed by atoms with E-state index in [2.05, 4.69) is 43.2 Å². The minimum Gasteiger partial charge on any atom is -0.486 e. The summed E-state index contributed by atoms with van der Waals surface area (Å²) in [5.74, 6) is 1.06. The molecule has 0 spiro atoms. The third-order valence-electron chi connectivity index (χ3n) is 4.53. The number of ether oxygens (including phenoxy) is 1. The van der Waals surface area contributed by atoms with Crippen LogP contribution in [-0.2, 0) is 0 Å². The van der Waals surface area contributed by atoms with Crippen molar-refractivity contribution in [3.63, 3.8) is 0 Å². The lowest BCUT2D eigenvalue weighted by molar-refractivity contribution is 0.224. The summed E-state index contributed by atoms with van der Waals surface area (Å²) in [5.41, 5.74) is 6.56. The van der Waals surface area contributed by atoms with Gasteiger partial charge in [-0.05, 0) is 38.8 Å². The molecule has 1 fully saturated rings. The van der Waals surface area contributed by atoms with Gasteiger partial charge in [0.15, 0.2) is 0 Å². The molecule has 2 aliphatic heterocycles. The molecule has 2 heterocycles. The first-order valence-corrected chi connectivity index (χ1v) is 7.59. The number of fused-ring (bicyclic) bond motifs is 1. The number of rotatable bonds is 1. The van der Waals surface area contributed by atoms with Gasteiger partial charge in [-0.15, -0.1) is 0 Å². The molecule has 110 valence electrons. The fourth-order valence-electron chi connectivity index (χ4n) is 3.32. The van der Waals surface area contributed by atoms with Gasteiger partial charge in [0, 0.05) is 37.4 Å². The van der Waals surface area contributed by atoms with Gasteiger partial charge >= 0.3 is 0 Å². The Morgan fingerprint density at radius 1 is 1.05 bits per heavy atom. The Morgan fingerprint density at radius 3 is 2.45 bits per heavy atom. The molecular formula is C16H25N3O. The van der Waals surface area contributed by atoms with Gasteiger partial charge < -0.3 is 20.3 Å². The van der Waals surface area contributed by atoms with Crippen LogP contribution in [0.5, 0.6) is 5.75 Å². The fraction of sp³-hybridized carbons (Fsp3) is 0.625. The second-order valence-corrected chi connectivity index (χ2v) is 5.97. The molecular weight excluding hydrogens is 250 g/mol. The first-order valence-electron chi connectivity index (χ1n) is 7.59. The number of piperazine rings is 1. The van der Waals surface area contributed by atoms with Gasteiger partial charge in [-0.2, -0.15) is 0 Å². The minimum atomic E-state index is 0.235. The summed E-state index contributed by atoms with van der Waals surface area (Å²) < 4.78 is 6.13. The maximum atomic E-state index is 6.13. The van der Waals surface area contributed by atoms with Crippen molar-refractivity contribution >= 4 is 11.4 Å². The molecule has 0 bridgehead atoms. The van der Waals surface area contributed by atoms with E-state index in [1.165, 1.54) is 28.1 Å². The number of anilines is 2. The Kier molecular flexibility index (Phi) is 3.50. The molecule has 1 atom stereocenters. The number of nitrogens with one attached hydrogen (secondary N) is 2. The lowest BCUT2D eigenvalue weighted by Crippen LogP contribution is -2.44. The molecule has 1 saturated heterocycles. The molecule has 3 rings (SSSR count). The summed E-state index contributed by atoms with van der Waals surface area (Å²) in [4.78, 5) is 2.50. The number of hydrogen-bond acceptors (Lipinski definition) is 4. The third kappa shape index (κ3) is 2.12. The largest absolute Gasteiger partial charge is 0.486 e. The zero-order valence-electron chi connectivity index (χ0n) is 13.0. The van der Waals surface area contributed by atoms with Crippen LogP contribution in [0.3, 0.4) is 0 Å². The summed E-state index contributed by atoms with van der Waals surface area (Å²) in [5, 5.41) is 6.96. The van der Waals surface area contributed by atoms with Crippen molar-refractivity contribution in [3.05, 3.63) is 16.7 Å². The van der Waals surface area contributed by atoms with Crippen molar-refractivity contribution in [2.24, 2.45) is 0 Å². The monoisotopic (exact) mass is 275 g/mol. The van der Waals surface area contributed by atoms with E-state index in [0.717, 1.165) is 38.5 Å². The Labute approximate surface area is 121 Å². The first-order chi connectivity index (χ1) is 9.59. The van der Waals surface area contributed by atoms with Crippen molar-refractivity contribution in [2.45, 2.75) is 33.8 Å². The maximum absolute atomic E-state index is 6.13. The SMILES string of the molecule is Cc1c(C)c(N2CCNCC2)c(C)c2c1NCC(C)O2. The molecule has 1 unspecified atom stereocenters. The van der Waals surface area contributed by atoms with Gasteiger partial charge in [-0.25, -0.2) is 0 Å². The van der Waals surface area contributed by atoms with Crippen molar-refractivity contribution in [3.8, 4) is 5.75 Å². The lowest BCUT2D eigenvalue weighted by atomic mass is 9.97. The molecule has 2 N–H and O–H groups in total. The Bertz CT molecular complexity index is 521. The number of benzene rings is 1. The van der Waals surface area contributed by atoms with Crippen LogP contribution in [0.25, 0.3) is 0 Å². The van der Waals surface area contributed by atoms with E-state index in [0.29, 0.717) is 0 Å². The van der Waals surface area contributed by atoms with Crippen LogP contribution in [0.1, 0.15) is 23.6 Å². The molecule has 1 aromatic rings. The van der Waals surface area contributed by atoms with Gasteiger partial charge in [0.1, 0.15) is 11.9 Å². The Balaban J connectivity index is 2.10. The highest BCUT2D eigenvalue weighted by atomic mass is 16.5. The second-order valence-electron chi connectivity index (χ2n) is 5.97. The Hall–Kier alpha value is -1.42. The quantitative estimate of drug-likeness (QED) is 0.824. The predicted octanol–water partition coefficient (Wildman–Crippen LogP) is 2.21. The van der Waals surface area contributed by atoms with Gasteiger partial charge in [0.25, 0.3) is 0 Å². The van der Waals surface area contributed by atoms with Crippen LogP contribution < -0.4 is 20.3 Å². The van der Waals surface area contributed by atoms with Gasteiger partial charge in [0.2, 0.25) is 0 Å². The van der Waals surface area contributed by atoms with E-state index in [-0.39, 0.29) is 6.10 Å². The molecule has 0 saturated carbocycles. The number of nitrogens with zero attached hydrogens (tertiary/aromatic N) is 1. The van der Waals surface area contributed by atoms with Crippen molar-refractivity contribution in [2.75, 3.05) is 42.9 Å². The molecule has 4 nitrogen and oxygen atoms in total. The summed E-state index contributed by atoms with van der Waals surface area (Å²) in [6, 6.07) is 0. The molecule has 4 heteroatoms. The smallest absolute Gasteiger partial charge is 0.148 e. The predicted molar refractivity (Wildman–Crippen MR) is 84.3 cm³/mol. The molecule has 1 aromatic carbocycles. The molecule has 2 aliphatic rings. The van der Waals surface area contributed by atoms with Crippen molar-refractivity contribution in [1.82, 2.24) is 5.32 Å². The van der Waals surface area contributed by atoms with E-state index < -0.39 is 0 Å². The average molecular weight is 275 g/mol. The summed E-state index contributed by atoms with van der Waals surface area (Å²) in [6.07, 6.45) is 0.235. The summed E-state index contributed by atoms with van der Waals surface area (Å²) in [7, 11) is 0. The fourth-order valence-corrected chi connectivity index (χ4v) is 3.32. The standard InChI is InChI=1S/C16H25N3O/c1-10-9-18-14-11(2)12(3)15(13(4)16(14)20-10)19-7-5-17-6-8-19/h10,17-18H,5-9H2,1-4H3. The average Bonchev–Trinajstić information content (AvgIpc) is 2.46. The van der Waals surface area contributed by atoms with Gasteiger partial charge in [-0.3, -0.25) is 0 Å². The lowest BCUT2D eigenvalue weighted by Gasteiger charge is -2.36. The molecule has 20 heavy (non-hydrogen) atoms. The van der Waals surface area contributed by atoms with Crippen LogP contribution in [0, 0.1) is 20.8 Å². The van der Waals surface area contributed by atoms with E-state index in [1.54, 1.807) is 0 Å². The molecule has 0 radical (unpaired) electrons. The zero-order valence-corrected chi connectivity index (χ0v) is 13.0. The molecule has 0 aliphatic carbocycles. The zero-order chi connectivity index (χ0) is 14.3. The highest BCUT2D eigenvalue weighted by molar-refractivity contribution is 5.78. The third-order valence-corrected chi connectivity index (χ3v) is 4.53. The summed E-state index contributed by atoms with van der Waals surface area (Å²) in [6.45, 7) is 13.9. The summed E-state index contributed by atoms with van der Waals surface area (Å²) >= 11 is 0. The van der Waals surface area contributed by atoms with Crippen LogP contribution in [0.4, 0.5) is 11.4 Å². The van der Waals surface area contributed by atoms with E-state index in [9.17, 15) is 0 Å². The van der Waals surface area contributed by atoms with Gasteiger partial charge in [-0.1, -0.05) is 0 Å². The van der Waals surface area contributed by atoms with Crippen LogP contribution in [-0.4, -0.2) is 38.8 Å². The normalized spacial score (nSPS) is 22.0. The van der Waals surface area contributed by atoms with Crippen LogP contribution in [0.2, 0.25) is 0 Å². The van der Waals surface area contributed by atoms with Gasteiger partial charge in [0.05, 0.1) is 12.2 Å². The van der Waals surface area contributed by atoms with E-state index >= 15 is 0 Å².